The van der Waals surface area contributed by atoms with Crippen molar-refractivity contribution in [3.63, 3.8) is 0 Å². The van der Waals surface area contributed by atoms with Crippen LogP contribution < -0.4 is 0 Å². The van der Waals surface area contributed by atoms with Crippen LogP contribution in [0.25, 0.3) is 0 Å². The van der Waals surface area contributed by atoms with Crippen LogP contribution in [0.4, 0.5) is 0 Å². The Morgan fingerprint density at radius 2 is 1.76 bits per heavy atom. The van der Waals surface area contributed by atoms with Gasteiger partial charge in [0.25, 0.3) is 0 Å². The minimum absolute atomic E-state index is 0.0525. The molecular formula is C15H26O2. The molecule has 98 valence electrons. The molecule has 2 N–H and O–H groups in total. The highest BCUT2D eigenvalue weighted by Gasteiger charge is 2.69. The molecule has 1 unspecified atom stereocenters. The molecule has 3 aliphatic carbocycles. The third-order valence-corrected chi connectivity index (χ3v) is 6.35. The summed E-state index contributed by atoms with van der Waals surface area (Å²) in [7, 11) is 0. The number of hydrogen-bond acceptors (Lipinski definition) is 2. The van der Waals surface area contributed by atoms with Crippen LogP contribution in [0.1, 0.15) is 53.4 Å². The molecule has 2 nitrogen and oxygen atoms in total. The van der Waals surface area contributed by atoms with Gasteiger partial charge in [-0.05, 0) is 62.2 Å². The summed E-state index contributed by atoms with van der Waals surface area (Å²) >= 11 is 0. The number of aliphatic hydroxyl groups excluding tert-OH is 1. The van der Waals surface area contributed by atoms with Gasteiger partial charge < -0.3 is 10.2 Å². The standard InChI is InChI=1S/C15H26O2/c1-13(2,17)10-5-12-14(3,8-11(10)16)6-9-7-15(9,12)4/h9-12,16-17H,5-8H2,1-4H3/t9?,10-,11+,12+,14+,15+/m1/s1. The lowest BCUT2D eigenvalue weighted by molar-refractivity contribution is -0.115. The van der Waals surface area contributed by atoms with E-state index in [-0.39, 0.29) is 12.0 Å². The summed E-state index contributed by atoms with van der Waals surface area (Å²) in [6.07, 6.45) is 4.25. The maximum atomic E-state index is 10.3. The van der Waals surface area contributed by atoms with Crippen LogP contribution in [0.15, 0.2) is 0 Å². The molecule has 2 heteroatoms. The van der Waals surface area contributed by atoms with Gasteiger partial charge in [0.05, 0.1) is 11.7 Å². The van der Waals surface area contributed by atoms with Crippen molar-refractivity contribution in [2.45, 2.75) is 65.1 Å². The van der Waals surface area contributed by atoms with Crippen LogP contribution in [-0.4, -0.2) is 21.9 Å². The number of aliphatic hydroxyl groups is 2. The zero-order chi connectivity index (χ0) is 12.6. The Kier molecular flexibility index (Phi) is 2.17. The maximum absolute atomic E-state index is 10.3. The van der Waals surface area contributed by atoms with E-state index in [1.54, 1.807) is 0 Å². The third kappa shape index (κ3) is 1.53. The number of hydrogen-bond donors (Lipinski definition) is 2. The highest BCUT2D eigenvalue weighted by atomic mass is 16.3. The van der Waals surface area contributed by atoms with Crippen molar-refractivity contribution in [3.8, 4) is 0 Å². The molecule has 0 radical (unpaired) electrons. The topological polar surface area (TPSA) is 40.5 Å². The van der Waals surface area contributed by atoms with Crippen LogP contribution in [0.5, 0.6) is 0 Å². The zero-order valence-electron chi connectivity index (χ0n) is 11.5. The summed E-state index contributed by atoms with van der Waals surface area (Å²) in [5.74, 6) is 1.65. The summed E-state index contributed by atoms with van der Waals surface area (Å²) in [4.78, 5) is 0. The van der Waals surface area contributed by atoms with Crippen molar-refractivity contribution < 1.29 is 10.2 Å². The van der Waals surface area contributed by atoms with Crippen molar-refractivity contribution in [1.82, 2.24) is 0 Å². The van der Waals surface area contributed by atoms with Gasteiger partial charge >= 0.3 is 0 Å². The van der Waals surface area contributed by atoms with Crippen LogP contribution in [0.3, 0.4) is 0 Å². The first-order valence-corrected chi connectivity index (χ1v) is 7.07. The molecule has 3 fully saturated rings. The van der Waals surface area contributed by atoms with Crippen molar-refractivity contribution >= 4 is 0 Å². The summed E-state index contributed by atoms with van der Waals surface area (Å²) in [6.45, 7) is 8.49. The van der Waals surface area contributed by atoms with Gasteiger partial charge in [-0.2, -0.15) is 0 Å². The lowest BCUT2D eigenvalue weighted by Gasteiger charge is -2.49. The SMILES string of the molecule is CC(C)(O)[C@@H]1C[C@H]2[C@@](C)(CC3C[C@@]32C)C[C@@H]1O. The smallest absolute Gasteiger partial charge is 0.0644 e. The molecule has 17 heavy (non-hydrogen) atoms. The average molecular weight is 238 g/mol. The van der Waals surface area contributed by atoms with Crippen molar-refractivity contribution in [1.29, 1.82) is 0 Å². The van der Waals surface area contributed by atoms with Crippen molar-refractivity contribution in [2.24, 2.45) is 28.6 Å². The van der Waals surface area contributed by atoms with Crippen LogP contribution in [-0.2, 0) is 0 Å². The van der Waals surface area contributed by atoms with Gasteiger partial charge in [-0.15, -0.1) is 0 Å². The van der Waals surface area contributed by atoms with Crippen LogP contribution in [0.2, 0.25) is 0 Å². The average Bonchev–Trinajstić information content (AvgIpc) is 2.67. The normalized spacial score (nSPS) is 57.5. The van der Waals surface area contributed by atoms with Crippen LogP contribution in [0, 0.1) is 28.6 Å². The minimum Gasteiger partial charge on any atom is -0.393 e. The molecule has 0 spiro atoms. The number of fused-ring (bicyclic) bond motifs is 3. The zero-order valence-corrected chi connectivity index (χ0v) is 11.5. The molecule has 0 heterocycles. The van der Waals surface area contributed by atoms with E-state index in [2.05, 4.69) is 13.8 Å². The van der Waals surface area contributed by atoms with Crippen molar-refractivity contribution in [3.05, 3.63) is 0 Å². The maximum Gasteiger partial charge on any atom is 0.0644 e. The fourth-order valence-corrected chi connectivity index (χ4v) is 5.27. The molecule has 3 aliphatic rings. The molecule has 0 aromatic rings. The molecule has 0 bridgehead atoms. The lowest BCUT2D eigenvalue weighted by Crippen LogP contribution is -2.50. The van der Waals surface area contributed by atoms with E-state index >= 15 is 0 Å². The molecule has 3 saturated carbocycles. The Bertz CT molecular complexity index is 345. The predicted molar refractivity (Wildman–Crippen MR) is 67.5 cm³/mol. The molecule has 0 saturated heterocycles. The van der Waals surface area contributed by atoms with Gasteiger partial charge in [-0.1, -0.05) is 13.8 Å². The van der Waals surface area contributed by atoms with Crippen LogP contribution >= 0.6 is 0 Å². The fourth-order valence-electron chi connectivity index (χ4n) is 5.27. The second-order valence-electron chi connectivity index (χ2n) is 8.08. The molecule has 0 aliphatic heterocycles. The quantitative estimate of drug-likeness (QED) is 0.737. The monoisotopic (exact) mass is 238 g/mol. The second kappa shape index (κ2) is 3.08. The highest BCUT2D eigenvalue weighted by Crippen LogP contribution is 2.76. The van der Waals surface area contributed by atoms with Gasteiger partial charge in [-0.3, -0.25) is 0 Å². The van der Waals surface area contributed by atoms with Gasteiger partial charge in [0.1, 0.15) is 0 Å². The molecule has 0 amide bonds. The Morgan fingerprint density at radius 1 is 1.12 bits per heavy atom. The third-order valence-electron chi connectivity index (χ3n) is 6.35. The van der Waals surface area contributed by atoms with Crippen molar-refractivity contribution in [2.75, 3.05) is 0 Å². The van der Waals surface area contributed by atoms with E-state index in [1.807, 2.05) is 13.8 Å². The molecule has 0 aromatic heterocycles. The predicted octanol–water partition coefficient (Wildman–Crippen LogP) is 2.58. The minimum atomic E-state index is -0.746. The molecule has 3 rings (SSSR count). The first-order chi connectivity index (χ1) is 7.67. The largest absolute Gasteiger partial charge is 0.393 e. The highest BCUT2D eigenvalue weighted by molar-refractivity contribution is 5.18. The summed E-state index contributed by atoms with van der Waals surface area (Å²) in [5.41, 5.74) is 0.112. The Morgan fingerprint density at radius 3 is 2.35 bits per heavy atom. The van der Waals surface area contributed by atoms with E-state index in [9.17, 15) is 10.2 Å². The molecule has 0 aromatic carbocycles. The molecule has 6 atom stereocenters. The van der Waals surface area contributed by atoms with E-state index in [0.29, 0.717) is 16.7 Å². The fraction of sp³-hybridized carbons (Fsp3) is 1.00. The van der Waals surface area contributed by atoms with E-state index < -0.39 is 5.60 Å². The summed E-state index contributed by atoms with van der Waals surface area (Å²) in [6, 6.07) is 0. The van der Waals surface area contributed by atoms with E-state index in [1.165, 1.54) is 12.8 Å². The van der Waals surface area contributed by atoms with Gasteiger partial charge in [-0.25, -0.2) is 0 Å². The van der Waals surface area contributed by atoms with Gasteiger partial charge in [0.2, 0.25) is 0 Å². The lowest BCUT2D eigenvalue weighted by atomic mass is 9.58. The van der Waals surface area contributed by atoms with Gasteiger partial charge in [0, 0.05) is 5.92 Å². The Balaban J connectivity index is 1.88. The first-order valence-electron chi connectivity index (χ1n) is 7.07. The summed E-state index contributed by atoms with van der Waals surface area (Å²) < 4.78 is 0. The summed E-state index contributed by atoms with van der Waals surface area (Å²) in [5, 5.41) is 20.6. The second-order valence-corrected chi connectivity index (χ2v) is 8.08. The van der Waals surface area contributed by atoms with E-state index in [4.69, 9.17) is 0 Å². The first kappa shape index (κ1) is 12.0. The molecular weight excluding hydrogens is 212 g/mol. The van der Waals surface area contributed by atoms with Gasteiger partial charge in [0.15, 0.2) is 0 Å². The Hall–Kier alpha value is -0.0800. The Labute approximate surface area is 104 Å². The number of rotatable bonds is 1. The van der Waals surface area contributed by atoms with E-state index in [0.717, 1.165) is 18.8 Å².